The Morgan fingerprint density at radius 2 is 2.14 bits per heavy atom. The van der Waals surface area contributed by atoms with Crippen molar-refractivity contribution >= 4 is 33.7 Å². The Balaban J connectivity index is 2.50. The molecule has 1 aliphatic heterocycles. The molecule has 1 aromatic rings. The van der Waals surface area contributed by atoms with Crippen molar-refractivity contribution < 1.29 is 14.7 Å². The van der Waals surface area contributed by atoms with Crippen LogP contribution in [0.15, 0.2) is 0 Å². The number of nitrogens with one attached hydrogen (secondary N) is 1. The van der Waals surface area contributed by atoms with Gasteiger partial charge in [0, 0.05) is 26.1 Å². The fourth-order valence-corrected chi connectivity index (χ4v) is 3.71. The van der Waals surface area contributed by atoms with Crippen molar-refractivity contribution in [3.63, 3.8) is 0 Å². The SMILES string of the molecule is CNC(=O)c1c(N2CCC(O)C2)sc(C(=O)C(C)C)c1N. The molecule has 6 nitrogen and oxygen atoms in total. The molecule has 0 aliphatic carbocycles. The van der Waals surface area contributed by atoms with E-state index < -0.39 is 6.10 Å². The third-order valence-corrected chi connectivity index (χ3v) is 4.86. The number of aliphatic hydroxyl groups is 1. The monoisotopic (exact) mass is 311 g/mol. The molecule has 2 heterocycles. The molecule has 0 radical (unpaired) electrons. The van der Waals surface area contributed by atoms with Crippen LogP contribution < -0.4 is 16.0 Å². The van der Waals surface area contributed by atoms with Gasteiger partial charge in [-0.05, 0) is 6.42 Å². The number of Topliss-reactive ketones (excluding diaryl/α,β-unsaturated/α-hetero) is 1. The molecular weight excluding hydrogens is 290 g/mol. The van der Waals surface area contributed by atoms with Crippen LogP contribution >= 0.6 is 11.3 Å². The van der Waals surface area contributed by atoms with Gasteiger partial charge in [-0.25, -0.2) is 0 Å². The molecule has 7 heteroatoms. The summed E-state index contributed by atoms with van der Waals surface area (Å²) in [6, 6.07) is 0. The van der Waals surface area contributed by atoms with Gasteiger partial charge in [-0.2, -0.15) is 0 Å². The van der Waals surface area contributed by atoms with Gasteiger partial charge in [0.2, 0.25) is 0 Å². The predicted molar refractivity (Wildman–Crippen MR) is 84.1 cm³/mol. The average Bonchev–Trinajstić information content (AvgIpc) is 3.00. The number of rotatable bonds is 4. The zero-order valence-electron chi connectivity index (χ0n) is 12.5. The van der Waals surface area contributed by atoms with Gasteiger partial charge in [0.15, 0.2) is 5.78 Å². The van der Waals surface area contributed by atoms with Crippen molar-refractivity contribution in [1.82, 2.24) is 5.32 Å². The summed E-state index contributed by atoms with van der Waals surface area (Å²) in [6.45, 7) is 4.72. The number of nitrogens with two attached hydrogens (primary N) is 1. The number of hydrogen-bond donors (Lipinski definition) is 3. The molecule has 0 bridgehead atoms. The summed E-state index contributed by atoms with van der Waals surface area (Å²) >= 11 is 1.24. The van der Waals surface area contributed by atoms with Gasteiger partial charge in [0.25, 0.3) is 5.91 Å². The number of nitrogens with zero attached hydrogens (tertiary/aromatic N) is 1. The van der Waals surface area contributed by atoms with Gasteiger partial charge >= 0.3 is 0 Å². The van der Waals surface area contributed by atoms with Crippen LogP contribution in [-0.2, 0) is 0 Å². The second kappa shape index (κ2) is 6.03. The topological polar surface area (TPSA) is 95.7 Å². The number of nitrogen functional groups attached to an aromatic ring is 1. The number of thiophene rings is 1. The smallest absolute Gasteiger partial charge is 0.256 e. The third-order valence-electron chi connectivity index (χ3n) is 3.58. The highest BCUT2D eigenvalue weighted by Crippen LogP contribution is 2.40. The first-order chi connectivity index (χ1) is 9.86. The maximum absolute atomic E-state index is 12.3. The van der Waals surface area contributed by atoms with Gasteiger partial charge in [-0.3, -0.25) is 9.59 Å². The van der Waals surface area contributed by atoms with E-state index in [0.717, 1.165) is 0 Å². The molecule has 1 aromatic heterocycles. The lowest BCUT2D eigenvalue weighted by Gasteiger charge is -2.17. The molecular formula is C14H21N3O3S. The van der Waals surface area contributed by atoms with Crippen LogP contribution in [0.2, 0.25) is 0 Å². The molecule has 0 saturated carbocycles. The van der Waals surface area contributed by atoms with E-state index in [1.807, 2.05) is 4.90 Å². The van der Waals surface area contributed by atoms with Crippen LogP contribution in [0.4, 0.5) is 10.7 Å². The first-order valence-corrected chi connectivity index (χ1v) is 7.80. The molecule has 0 aromatic carbocycles. The summed E-state index contributed by atoms with van der Waals surface area (Å²) in [5.74, 6) is -0.544. The van der Waals surface area contributed by atoms with Crippen molar-refractivity contribution in [3.05, 3.63) is 10.4 Å². The number of anilines is 2. The number of β-amino-alcohol motifs (C(OH)–C–C–N with tert-alkyl or cyclic N) is 1. The van der Waals surface area contributed by atoms with E-state index in [1.54, 1.807) is 13.8 Å². The lowest BCUT2D eigenvalue weighted by molar-refractivity contribution is 0.0944. The molecule has 21 heavy (non-hydrogen) atoms. The Morgan fingerprint density at radius 1 is 1.48 bits per heavy atom. The number of aliphatic hydroxyl groups excluding tert-OH is 1. The van der Waals surface area contributed by atoms with E-state index in [0.29, 0.717) is 35.0 Å². The summed E-state index contributed by atoms with van der Waals surface area (Å²) < 4.78 is 0. The molecule has 1 aliphatic rings. The highest BCUT2D eigenvalue weighted by atomic mass is 32.1. The fraction of sp³-hybridized carbons (Fsp3) is 0.571. The molecule has 1 atom stereocenters. The summed E-state index contributed by atoms with van der Waals surface area (Å²) in [5, 5.41) is 12.9. The van der Waals surface area contributed by atoms with Crippen LogP contribution in [0.1, 0.15) is 40.3 Å². The van der Waals surface area contributed by atoms with E-state index in [1.165, 1.54) is 18.4 Å². The highest BCUT2D eigenvalue weighted by molar-refractivity contribution is 7.19. The van der Waals surface area contributed by atoms with Crippen LogP contribution in [0.5, 0.6) is 0 Å². The molecule has 2 rings (SSSR count). The van der Waals surface area contributed by atoms with Gasteiger partial charge in [-0.15, -0.1) is 11.3 Å². The van der Waals surface area contributed by atoms with Gasteiger partial charge in [-0.1, -0.05) is 13.8 Å². The summed E-state index contributed by atoms with van der Waals surface area (Å²) in [5.41, 5.74) is 6.65. The minimum absolute atomic E-state index is 0.0614. The van der Waals surface area contributed by atoms with Crippen molar-refractivity contribution in [2.45, 2.75) is 26.4 Å². The Kier molecular flexibility index (Phi) is 4.53. The Bertz CT molecular complexity index is 568. The van der Waals surface area contributed by atoms with E-state index >= 15 is 0 Å². The number of ketones is 1. The zero-order valence-corrected chi connectivity index (χ0v) is 13.3. The van der Waals surface area contributed by atoms with E-state index in [4.69, 9.17) is 5.73 Å². The third kappa shape index (κ3) is 2.89. The Morgan fingerprint density at radius 3 is 2.62 bits per heavy atom. The largest absolute Gasteiger partial charge is 0.397 e. The normalized spacial score (nSPS) is 18.3. The Hall–Kier alpha value is -1.60. The molecule has 116 valence electrons. The van der Waals surface area contributed by atoms with Gasteiger partial charge in [0.1, 0.15) is 5.00 Å². The second-order valence-corrected chi connectivity index (χ2v) is 6.51. The quantitative estimate of drug-likeness (QED) is 0.724. The molecule has 1 fully saturated rings. The minimum atomic E-state index is -0.407. The molecule has 0 spiro atoms. The summed E-state index contributed by atoms with van der Waals surface area (Å²) in [6.07, 6.45) is 0.244. The Labute approximate surface area is 127 Å². The van der Waals surface area contributed by atoms with E-state index in [2.05, 4.69) is 5.32 Å². The first-order valence-electron chi connectivity index (χ1n) is 6.98. The molecule has 1 saturated heterocycles. The minimum Gasteiger partial charge on any atom is -0.397 e. The van der Waals surface area contributed by atoms with Crippen molar-refractivity contribution in [1.29, 1.82) is 0 Å². The molecule has 1 unspecified atom stereocenters. The number of hydrogen-bond acceptors (Lipinski definition) is 6. The predicted octanol–water partition coefficient (Wildman–Crippen LogP) is 1.10. The van der Waals surface area contributed by atoms with Gasteiger partial charge in [0.05, 0.1) is 22.2 Å². The first kappa shape index (κ1) is 15.8. The van der Waals surface area contributed by atoms with Crippen LogP contribution in [-0.4, -0.2) is 43.0 Å². The second-order valence-electron chi connectivity index (χ2n) is 5.51. The number of carbonyl (C=O) groups is 2. The van der Waals surface area contributed by atoms with E-state index in [9.17, 15) is 14.7 Å². The summed E-state index contributed by atoms with van der Waals surface area (Å²) in [4.78, 5) is 26.7. The lowest BCUT2D eigenvalue weighted by Crippen LogP contribution is -2.25. The molecule has 4 N–H and O–H groups in total. The van der Waals surface area contributed by atoms with Crippen LogP contribution in [0.25, 0.3) is 0 Å². The molecule has 1 amide bonds. The maximum Gasteiger partial charge on any atom is 0.256 e. The number of carbonyl (C=O) groups excluding carboxylic acids is 2. The van der Waals surface area contributed by atoms with Crippen LogP contribution in [0.3, 0.4) is 0 Å². The zero-order chi connectivity index (χ0) is 15.7. The van der Waals surface area contributed by atoms with Crippen molar-refractivity contribution in [2.75, 3.05) is 30.8 Å². The maximum atomic E-state index is 12.3. The summed E-state index contributed by atoms with van der Waals surface area (Å²) in [7, 11) is 1.53. The van der Waals surface area contributed by atoms with Crippen LogP contribution in [0, 0.1) is 5.92 Å². The van der Waals surface area contributed by atoms with E-state index in [-0.39, 0.29) is 23.3 Å². The standard InChI is InChI=1S/C14H21N3O3S/c1-7(2)11(19)12-10(15)9(13(20)16-3)14(21-12)17-5-4-8(18)6-17/h7-8,18H,4-6,15H2,1-3H3,(H,16,20). The number of amides is 1. The lowest BCUT2D eigenvalue weighted by atomic mass is 10.1. The fourth-order valence-electron chi connectivity index (χ4n) is 2.37. The van der Waals surface area contributed by atoms with Gasteiger partial charge < -0.3 is 21.1 Å². The van der Waals surface area contributed by atoms with Crippen molar-refractivity contribution in [3.8, 4) is 0 Å². The van der Waals surface area contributed by atoms with Crippen molar-refractivity contribution in [2.24, 2.45) is 5.92 Å². The highest BCUT2D eigenvalue weighted by Gasteiger charge is 2.31. The average molecular weight is 311 g/mol.